The lowest BCUT2D eigenvalue weighted by Crippen LogP contribution is -2.30. The summed E-state index contributed by atoms with van der Waals surface area (Å²) in [5.41, 5.74) is 0.855. The highest BCUT2D eigenvalue weighted by atomic mass is 16.5. The molecule has 0 aliphatic rings. The summed E-state index contributed by atoms with van der Waals surface area (Å²) in [4.78, 5) is 8.69. The maximum Gasteiger partial charge on any atom is 0.196 e. The van der Waals surface area contributed by atoms with Crippen LogP contribution in [0.2, 0.25) is 0 Å². The maximum atomic E-state index is 5.53. The number of aliphatic imine (C=N–C) groups is 1. The highest BCUT2D eigenvalue weighted by Crippen LogP contribution is 2.30. The monoisotopic (exact) mass is 332 g/mol. The first-order valence-corrected chi connectivity index (χ1v) is 7.87. The Morgan fingerprint density at radius 2 is 2.12 bits per heavy atom. The van der Waals surface area contributed by atoms with Crippen LogP contribution in [0.15, 0.2) is 29.5 Å². The summed E-state index contributed by atoms with van der Waals surface area (Å²) >= 11 is 0. The molecule has 8 nitrogen and oxygen atoms in total. The van der Waals surface area contributed by atoms with Crippen molar-refractivity contribution < 1.29 is 9.47 Å². The van der Waals surface area contributed by atoms with Gasteiger partial charge in [-0.1, -0.05) is 0 Å². The number of methoxy groups -OCH3 is 1. The number of nitrogens with zero attached hydrogens (tertiary/aromatic N) is 4. The average Bonchev–Trinajstić information content (AvgIpc) is 2.99. The lowest BCUT2D eigenvalue weighted by atomic mass is 10.2. The second kappa shape index (κ2) is 8.76. The number of hydrogen-bond donors (Lipinski definition) is 2. The molecule has 8 heteroatoms. The van der Waals surface area contributed by atoms with Crippen molar-refractivity contribution in [3.63, 3.8) is 0 Å². The van der Waals surface area contributed by atoms with Crippen molar-refractivity contribution in [2.24, 2.45) is 12.0 Å². The molecule has 1 heterocycles. The van der Waals surface area contributed by atoms with Gasteiger partial charge in [0.05, 0.1) is 13.7 Å². The van der Waals surface area contributed by atoms with Crippen molar-refractivity contribution in [3.8, 4) is 11.5 Å². The summed E-state index contributed by atoms with van der Waals surface area (Å²) in [6, 6.07) is 5.67. The number of ether oxygens (including phenoxy) is 2. The van der Waals surface area contributed by atoms with E-state index in [2.05, 4.69) is 25.7 Å². The first kappa shape index (κ1) is 17.6. The fraction of sp³-hybridized carbons (Fsp3) is 0.438. The van der Waals surface area contributed by atoms with E-state index in [1.807, 2.05) is 39.1 Å². The van der Waals surface area contributed by atoms with E-state index in [1.54, 1.807) is 11.8 Å². The van der Waals surface area contributed by atoms with Crippen LogP contribution >= 0.6 is 0 Å². The standard InChI is InChI=1S/C16H24N6O2/c1-5-17-16(18-10-15-19-11-20-22(15)3)21-12-7-8-13(24-6-2)14(9-12)23-4/h7-9,11H,5-6,10H2,1-4H3,(H2,17,18,21). The number of benzene rings is 1. The molecule has 0 fully saturated rings. The predicted octanol–water partition coefficient (Wildman–Crippen LogP) is 1.80. The largest absolute Gasteiger partial charge is 0.493 e. The summed E-state index contributed by atoms with van der Waals surface area (Å²) in [5.74, 6) is 2.83. The zero-order valence-electron chi connectivity index (χ0n) is 14.5. The Morgan fingerprint density at radius 3 is 2.75 bits per heavy atom. The smallest absolute Gasteiger partial charge is 0.196 e. The highest BCUT2D eigenvalue weighted by molar-refractivity contribution is 5.93. The molecule has 24 heavy (non-hydrogen) atoms. The number of rotatable bonds is 7. The molecular formula is C16H24N6O2. The van der Waals surface area contributed by atoms with E-state index in [1.165, 1.54) is 6.33 Å². The van der Waals surface area contributed by atoms with Crippen molar-refractivity contribution in [1.82, 2.24) is 20.1 Å². The van der Waals surface area contributed by atoms with Gasteiger partial charge in [-0.25, -0.2) is 9.98 Å². The fourth-order valence-electron chi connectivity index (χ4n) is 2.08. The summed E-state index contributed by atoms with van der Waals surface area (Å²) in [6.07, 6.45) is 1.52. The van der Waals surface area contributed by atoms with Gasteiger partial charge in [0.25, 0.3) is 0 Å². The molecule has 0 bridgehead atoms. The third kappa shape index (κ3) is 4.61. The summed E-state index contributed by atoms with van der Waals surface area (Å²) in [7, 11) is 3.46. The third-order valence-electron chi connectivity index (χ3n) is 3.25. The Morgan fingerprint density at radius 1 is 1.29 bits per heavy atom. The minimum atomic E-state index is 0.431. The Hall–Kier alpha value is -2.77. The molecule has 130 valence electrons. The molecule has 0 unspecified atom stereocenters. The fourth-order valence-corrected chi connectivity index (χ4v) is 2.08. The molecule has 2 N–H and O–H groups in total. The Balaban J connectivity index is 2.13. The zero-order valence-corrected chi connectivity index (χ0v) is 14.5. The van der Waals surface area contributed by atoms with Crippen molar-refractivity contribution in [3.05, 3.63) is 30.4 Å². The van der Waals surface area contributed by atoms with E-state index in [-0.39, 0.29) is 0 Å². The van der Waals surface area contributed by atoms with Crippen LogP contribution in [0.3, 0.4) is 0 Å². The van der Waals surface area contributed by atoms with Gasteiger partial charge in [-0.2, -0.15) is 5.10 Å². The van der Waals surface area contributed by atoms with Crippen molar-refractivity contribution in [2.45, 2.75) is 20.4 Å². The van der Waals surface area contributed by atoms with Gasteiger partial charge in [0.1, 0.15) is 18.7 Å². The number of hydrogen-bond acceptors (Lipinski definition) is 5. The Labute approximate surface area is 141 Å². The average molecular weight is 332 g/mol. The lowest BCUT2D eigenvalue weighted by molar-refractivity contribution is 0.311. The van der Waals surface area contributed by atoms with Crippen LogP contribution in [0.25, 0.3) is 0 Å². The number of guanidine groups is 1. The number of aromatic nitrogens is 3. The van der Waals surface area contributed by atoms with E-state index in [0.717, 1.165) is 18.1 Å². The van der Waals surface area contributed by atoms with Crippen LogP contribution in [-0.2, 0) is 13.6 Å². The SMILES string of the molecule is CCNC(=NCc1ncnn1C)Nc1ccc(OCC)c(OC)c1. The van der Waals surface area contributed by atoms with Crippen LogP contribution in [-0.4, -0.2) is 41.0 Å². The van der Waals surface area contributed by atoms with Crippen LogP contribution in [0.5, 0.6) is 11.5 Å². The topological polar surface area (TPSA) is 85.6 Å². The quantitative estimate of drug-likeness (QED) is 0.594. The first-order valence-electron chi connectivity index (χ1n) is 7.87. The van der Waals surface area contributed by atoms with E-state index in [0.29, 0.717) is 30.6 Å². The Bertz CT molecular complexity index is 683. The molecule has 0 spiro atoms. The second-order valence-electron chi connectivity index (χ2n) is 4.92. The number of aryl methyl sites for hydroxylation is 1. The molecule has 0 aliphatic heterocycles. The molecule has 0 saturated heterocycles. The molecule has 1 aromatic carbocycles. The van der Waals surface area contributed by atoms with Gasteiger partial charge >= 0.3 is 0 Å². The molecule has 1 aromatic heterocycles. The molecule has 2 rings (SSSR count). The van der Waals surface area contributed by atoms with Crippen molar-refractivity contribution in [1.29, 1.82) is 0 Å². The molecule has 2 aromatic rings. The maximum absolute atomic E-state index is 5.53. The van der Waals surface area contributed by atoms with Crippen molar-refractivity contribution >= 4 is 11.6 Å². The zero-order chi connectivity index (χ0) is 17.4. The molecule has 0 amide bonds. The van der Waals surface area contributed by atoms with Gasteiger partial charge in [-0.3, -0.25) is 4.68 Å². The van der Waals surface area contributed by atoms with E-state index in [4.69, 9.17) is 9.47 Å². The van der Waals surface area contributed by atoms with Gasteiger partial charge in [0.2, 0.25) is 0 Å². The summed E-state index contributed by atoms with van der Waals surface area (Å²) < 4.78 is 12.6. The number of anilines is 1. The minimum Gasteiger partial charge on any atom is -0.493 e. The van der Waals surface area contributed by atoms with Gasteiger partial charge in [-0.05, 0) is 26.0 Å². The van der Waals surface area contributed by atoms with Crippen LogP contribution in [0, 0.1) is 0 Å². The summed E-state index contributed by atoms with van der Waals surface area (Å²) in [5, 5.41) is 10.5. The van der Waals surface area contributed by atoms with Gasteiger partial charge in [0.15, 0.2) is 17.5 Å². The van der Waals surface area contributed by atoms with Crippen molar-refractivity contribution in [2.75, 3.05) is 25.6 Å². The van der Waals surface area contributed by atoms with Crippen LogP contribution in [0.4, 0.5) is 5.69 Å². The minimum absolute atomic E-state index is 0.431. The van der Waals surface area contributed by atoms with Crippen LogP contribution in [0.1, 0.15) is 19.7 Å². The third-order valence-corrected chi connectivity index (χ3v) is 3.25. The van der Waals surface area contributed by atoms with Gasteiger partial charge in [-0.15, -0.1) is 0 Å². The number of nitrogens with one attached hydrogen (secondary N) is 2. The summed E-state index contributed by atoms with van der Waals surface area (Å²) in [6.45, 7) is 5.72. The molecule has 0 aliphatic carbocycles. The lowest BCUT2D eigenvalue weighted by Gasteiger charge is -2.14. The first-order chi connectivity index (χ1) is 11.7. The van der Waals surface area contributed by atoms with E-state index < -0.39 is 0 Å². The second-order valence-corrected chi connectivity index (χ2v) is 4.92. The normalized spacial score (nSPS) is 11.2. The van der Waals surface area contributed by atoms with Gasteiger partial charge < -0.3 is 20.1 Å². The Kier molecular flexibility index (Phi) is 6.41. The highest BCUT2D eigenvalue weighted by Gasteiger charge is 2.07. The molecule has 0 radical (unpaired) electrons. The van der Waals surface area contributed by atoms with Gasteiger partial charge in [0, 0.05) is 25.3 Å². The molecular weight excluding hydrogens is 308 g/mol. The molecule has 0 saturated carbocycles. The van der Waals surface area contributed by atoms with E-state index >= 15 is 0 Å². The van der Waals surface area contributed by atoms with E-state index in [9.17, 15) is 0 Å². The predicted molar refractivity (Wildman–Crippen MR) is 93.6 cm³/mol. The molecule has 0 atom stereocenters. The van der Waals surface area contributed by atoms with Crippen LogP contribution < -0.4 is 20.1 Å².